The van der Waals surface area contributed by atoms with Crippen LogP contribution in [0.1, 0.15) is 258 Å². The molecule has 0 spiro atoms. The van der Waals surface area contributed by atoms with E-state index in [-0.39, 0.29) is 37.5 Å². The predicted octanol–water partition coefficient (Wildman–Crippen LogP) is 20.6. The summed E-state index contributed by atoms with van der Waals surface area (Å²) in [6.07, 6.45) is 86.0. The summed E-state index contributed by atoms with van der Waals surface area (Å²) in [4.78, 5) is 38.2. The minimum atomic E-state index is -0.807. The first-order valence-corrected chi connectivity index (χ1v) is 30.2. The molecular formula is C68H110O6. The molecule has 0 fully saturated rings. The summed E-state index contributed by atoms with van der Waals surface area (Å²) in [6, 6.07) is 0. The van der Waals surface area contributed by atoms with Crippen LogP contribution in [-0.4, -0.2) is 37.2 Å². The molecule has 0 amide bonds. The molecule has 0 saturated carbocycles. The molecular weight excluding hydrogens is 913 g/mol. The lowest BCUT2D eigenvalue weighted by molar-refractivity contribution is -0.167. The molecule has 0 aliphatic carbocycles. The molecule has 0 radical (unpaired) electrons. The first kappa shape index (κ1) is 69.5. The Morgan fingerprint density at radius 1 is 0.284 bits per heavy atom. The molecule has 0 aromatic heterocycles. The maximum Gasteiger partial charge on any atom is 0.306 e. The molecule has 1 unspecified atom stereocenters. The molecule has 0 aliphatic heterocycles. The molecule has 0 N–H and O–H groups in total. The SMILES string of the molecule is CC/C=C\C/C=C\C/C=C\C/C=C\C/C=C\C/C=C\C/C=C\CCCC(=O)OCC(COC(=O)CCCCCCCCCCCC)OC(=O)CCCCCCCCCCCC/C=C\C/C=C\C/C=C\C/C=C\CC. The van der Waals surface area contributed by atoms with Crippen LogP contribution < -0.4 is 0 Å². The second-order valence-electron chi connectivity index (χ2n) is 19.5. The normalized spacial score (nSPS) is 13.1. The molecule has 418 valence electrons. The van der Waals surface area contributed by atoms with Crippen molar-refractivity contribution in [2.45, 2.75) is 264 Å². The van der Waals surface area contributed by atoms with Crippen molar-refractivity contribution < 1.29 is 28.6 Å². The molecule has 0 aromatic rings. The summed E-state index contributed by atoms with van der Waals surface area (Å²) in [6.45, 7) is 6.35. The fraction of sp³-hybridized carbons (Fsp3) is 0.632. The maximum atomic E-state index is 12.9. The van der Waals surface area contributed by atoms with Crippen molar-refractivity contribution >= 4 is 17.9 Å². The number of ether oxygens (including phenoxy) is 3. The third kappa shape index (κ3) is 58.4. The van der Waals surface area contributed by atoms with Crippen molar-refractivity contribution in [3.8, 4) is 0 Å². The van der Waals surface area contributed by atoms with Gasteiger partial charge in [0.2, 0.25) is 0 Å². The van der Waals surface area contributed by atoms with Gasteiger partial charge in [-0.05, 0) is 109 Å². The Kier molecular flexibility index (Phi) is 57.4. The van der Waals surface area contributed by atoms with Crippen LogP contribution in [0.2, 0.25) is 0 Å². The van der Waals surface area contributed by atoms with Gasteiger partial charge in [-0.25, -0.2) is 0 Å². The lowest BCUT2D eigenvalue weighted by Gasteiger charge is -2.18. The first-order chi connectivity index (χ1) is 36.5. The third-order valence-electron chi connectivity index (χ3n) is 12.4. The van der Waals surface area contributed by atoms with Gasteiger partial charge in [-0.3, -0.25) is 14.4 Å². The molecule has 0 bridgehead atoms. The molecule has 0 rings (SSSR count). The Labute approximate surface area is 455 Å². The second-order valence-corrected chi connectivity index (χ2v) is 19.5. The third-order valence-corrected chi connectivity index (χ3v) is 12.4. The second kappa shape index (κ2) is 61.1. The smallest absolute Gasteiger partial charge is 0.306 e. The molecule has 74 heavy (non-hydrogen) atoms. The van der Waals surface area contributed by atoms with Crippen molar-refractivity contribution in [2.24, 2.45) is 0 Å². The number of carbonyl (C=O) groups is 3. The van der Waals surface area contributed by atoms with Crippen LogP contribution in [0.3, 0.4) is 0 Å². The van der Waals surface area contributed by atoms with Gasteiger partial charge in [0, 0.05) is 19.3 Å². The number of hydrogen-bond acceptors (Lipinski definition) is 6. The zero-order chi connectivity index (χ0) is 53.6. The van der Waals surface area contributed by atoms with Crippen LogP contribution in [0.25, 0.3) is 0 Å². The minimum Gasteiger partial charge on any atom is -0.462 e. The Balaban J connectivity index is 4.41. The highest BCUT2D eigenvalue weighted by Crippen LogP contribution is 2.15. The van der Waals surface area contributed by atoms with Gasteiger partial charge >= 0.3 is 17.9 Å². The number of unbranched alkanes of at least 4 members (excludes halogenated alkanes) is 20. The summed E-state index contributed by atoms with van der Waals surface area (Å²) in [5, 5.41) is 0. The monoisotopic (exact) mass is 1020 g/mol. The van der Waals surface area contributed by atoms with E-state index in [0.717, 1.165) is 116 Å². The van der Waals surface area contributed by atoms with Crippen LogP contribution in [0.15, 0.2) is 134 Å². The molecule has 0 heterocycles. The summed E-state index contributed by atoms with van der Waals surface area (Å²) >= 11 is 0. The fourth-order valence-electron chi connectivity index (χ4n) is 7.95. The van der Waals surface area contributed by atoms with Crippen LogP contribution in [0.5, 0.6) is 0 Å². The number of esters is 3. The van der Waals surface area contributed by atoms with E-state index in [9.17, 15) is 14.4 Å². The maximum absolute atomic E-state index is 12.9. The first-order valence-electron chi connectivity index (χ1n) is 30.2. The van der Waals surface area contributed by atoms with E-state index in [1.165, 1.54) is 96.3 Å². The zero-order valence-electron chi connectivity index (χ0n) is 47.8. The van der Waals surface area contributed by atoms with Gasteiger partial charge in [-0.15, -0.1) is 0 Å². The largest absolute Gasteiger partial charge is 0.462 e. The van der Waals surface area contributed by atoms with E-state index in [1.807, 2.05) is 0 Å². The molecule has 0 aliphatic rings. The van der Waals surface area contributed by atoms with Crippen molar-refractivity contribution in [3.05, 3.63) is 134 Å². The van der Waals surface area contributed by atoms with Gasteiger partial charge in [0.1, 0.15) is 13.2 Å². The van der Waals surface area contributed by atoms with Crippen molar-refractivity contribution in [3.63, 3.8) is 0 Å². The Morgan fingerprint density at radius 3 is 0.878 bits per heavy atom. The average molecular weight is 1020 g/mol. The fourth-order valence-corrected chi connectivity index (χ4v) is 7.95. The predicted molar refractivity (Wildman–Crippen MR) is 320 cm³/mol. The van der Waals surface area contributed by atoms with Gasteiger partial charge in [-0.1, -0.05) is 264 Å². The molecule has 6 heteroatoms. The van der Waals surface area contributed by atoms with Crippen molar-refractivity contribution in [1.82, 2.24) is 0 Å². The Hall–Kier alpha value is -4.45. The van der Waals surface area contributed by atoms with Crippen molar-refractivity contribution in [1.29, 1.82) is 0 Å². The molecule has 6 nitrogen and oxygen atoms in total. The van der Waals surface area contributed by atoms with Gasteiger partial charge in [0.15, 0.2) is 6.10 Å². The minimum absolute atomic E-state index is 0.0998. The standard InChI is InChI=1S/C68H110O6/c1-4-7-10-13-16-19-22-24-26-28-30-32-34-36-38-40-42-44-46-49-52-55-58-61-67(70)73-64-65(63-72-66(69)60-57-54-51-48-21-18-15-12-9-6-3)74-68(71)62-59-56-53-50-47-45-43-41-39-37-35-33-31-29-27-25-23-20-17-14-11-8-5-2/h7-8,10-11,16-17,19-20,24-27,30-33,36,38,42,44,49,52,65H,4-6,9,12-15,18,21-23,28-29,34-35,37,39-41,43,45-48,50-51,53-64H2,1-3H3/b10-7-,11-8-,19-16-,20-17-,26-24-,27-25-,32-30-,33-31-,38-36-,44-42-,52-49-. The van der Waals surface area contributed by atoms with E-state index < -0.39 is 6.10 Å². The topological polar surface area (TPSA) is 78.9 Å². The van der Waals surface area contributed by atoms with Gasteiger partial charge in [0.05, 0.1) is 0 Å². The van der Waals surface area contributed by atoms with Crippen LogP contribution in [0.4, 0.5) is 0 Å². The summed E-state index contributed by atoms with van der Waals surface area (Å²) in [5.41, 5.74) is 0. The van der Waals surface area contributed by atoms with Crippen LogP contribution in [-0.2, 0) is 28.6 Å². The van der Waals surface area contributed by atoms with Gasteiger partial charge < -0.3 is 14.2 Å². The van der Waals surface area contributed by atoms with Gasteiger partial charge in [-0.2, -0.15) is 0 Å². The summed E-state index contributed by atoms with van der Waals surface area (Å²) < 4.78 is 16.8. The highest BCUT2D eigenvalue weighted by Gasteiger charge is 2.19. The quantitative estimate of drug-likeness (QED) is 0.0261. The number of carbonyl (C=O) groups excluding carboxylic acids is 3. The number of rotatable bonds is 53. The Morgan fingerprint density at radius 2 is 0.541 bits per heavy atom. The van der Waals surface area contributed by atoms with Crippen molar-refractivity contribution in [2.75, 3.05) is 13.2 Å². The summed E-state index contributed by atoms with van der Waals surface area (Å²) in [5.74, 6) is -0.969. The molecule has 0 aromatic carbocycles. The van der Waals surface area contributed by atoms with E-state index in [0.29, 0.717) is 19.3 Å². The molecule has 1 atom stereocenters. The van der Waals surface area contributed by atoms with E-state index in [1.54, 1.807) is 0 Å². The number of allylic oxidation sites excluding steroid dienone is 22. The van der Waals surface area contributed by atoms with Gasteiger partial charge in [0.25, 0.3) is 0 Å². The van der Waals surface area contributed by atoms with Crippen LogP contribution >= 0.6 is 0 Å². The Bertz CT molecular complexity index is 1600. The highest BCUT2D eigenvalue weighted by molar-refractivity contribution is 5.71. The lowest BCUT2D eigenvalue weighted by atomic mass is 10.0. The van der Waals surface area contributed by atoms with Crippen LogP contribution in [0, 0.1) is 0 Å². The number of hydrogen-bond donors (Lipinski definition) is 0. The van der Waals surface area contributed by atoms with E-state index in [4.69, 9.17) is 14.2 Å². The zero-order valence-corrected chi connectivity index (χ0v) is 47.8. The highest BCUT2D eigenvalue weighted by atomic mass is 16.6. The van der Waals surface area contributed by atoms with E-state index >= 15 is 0 Å². The summed E-state index contributed by atoms with van der Waals surface area (Å²) in [7, 11) is 0. The average Bonchev–Trinajstić information content (AvgIpc) is 3.40. The van der Waals surface area contributed by atoms with E-state index in [2.05, 4.69) is 154 Å². The molecule has 0 saturated heterocycles. The lowest BCUT2D eigenvalue weighted by Crippen LogP contribution is -2.30.